The highest BCUT2D eigenvalue weighted by molar-refractivity contribution is 7.13. The Hall–Kier alpha value is -2.66. The molecular weight excluding hydrogens is 320 g/mol. The van der Waals surface area contributed by atoms with Gasteiger partial charge >= 0.3 is 0 Å². The van der Waals surface area contributed by atoms with Crippen molar-refractivity contribution in [2.24, 2.45) is 0 Å². The maximum atomic E-state index is 12.2. The summed E-state index contributed by atoms with van der Waals surface area (Å²) in [6, 6.07) is 13.3. The Bertz CT molecular complexity index is 869. The van der Waals surface area contributed by atoms with Crippen molar-refractivity contribution < 1.29 is 9.90 Å². The van der Waals surface area contributed by atoms with Crippen LogP contribution >= 0.6 is 11.3 Å². The van der Waals surface area contributed by atoms with Gasteiger partial charge in [-0.3, -0.25) is 4.79 Å². The monoisotopic (exact) mass is 338 g/mol. The van der Waals surface area contributed by atoms with E-state index in [9.17, 15) is 9.90 Å². The largest absolute Gasteiger partial charge is 0.506 e. The summed E-state index contributed by atoms with van der Waals surface area (Å²) >= 11 is 1.52. The summed E-state index contributed by atoms with van der Waals surface area (Å²) in [5, 5.41) is 15.4. The van der Waals surface area contributed by atoms with Crippen LogP contribution in [0.5, 0.6) is 5.75 Å². The zero-order chi connectivity index (χ0) is 17.1. The average molecular weight is 338 g/mol. The van der Waals surface area contributed by atoms with Crippen molar-refractivity contribution in [2.45, 2.75) is 20.3 Å². The Morgan fingerprint density at radius 2 is 1.83 bits per heavy atom. The molecule has 0 saturated heterocycles. The number of nitrogens with one attached hydrogen (secondary N) is 1. The topological polar surface area (TPSA) is 62.2 Å². The summed E-state index contributed by atoms with van der Waals surface area (Å²) < 4.78 is 0. The van der Waals surface area contributed by atoms with Gasteiger partial charge in [-0.25, -0.2) is 4.98 Å². The van der Waals surface area contributed by atoms with Gasteiger partial charge in [0.2, 0.25) is 5.91 Å². The van der Waals surface area contributed by atoms with Gasteiger partial charge in [0.05, 0.1) is 17.8 Å². The number of hydrogen-bond donors (Lipinski definition) is 2. The Labute approximate surface area is 144 Å². The fourth-order valence-corrected chi connectivity index (χ4v) is 3.15. The summed E-state index contributed by atoms with van der Waals surface area (Å²) in [7, 11) is 0. The molecule has 1 heterocycles. The third kappa shape index (κ3) is 3.81. The van der Waals surface area contributed by atoms with E-state index < -0.39 is 0 Å². The molecule has 0 spiro atoms. The molecule has 0 unspecified atom stereocenters. The molecular formula is C19H18N2O2S. The number of phenols is 1. The molecule has 2 N–H and O–H groups in total. The first kappa shape index (κ1) is 16.2. The molecule has 5 heteroatoms. The number of phenolic OH excluding ortho intramolecular Hbond substituents is 1. The molecule has 122 valence electrons. The first-order chi connectivity index (χ1) is 11.5. The molecule has 0 aliphatic rings. The number of aromatic nitrogens is 1. The third-order valence-electron chi connectivity index (χ3n) is 3.62. The number of rotatable bonds is 4. The van der Waals surface area contributed by atoms with Gasteiger partial charge in [-0.15, -0.1) is 11.3 Å². The molecule has 3 aromatic rings. The molecule has 1 amide bonds. The normalized spacial score (nSPS) is 10.6. The lowest BCUT2D eigenvalue weighted by Gasteiger charge is -2.07. The van der Waals surface area contributed by atoms with Crippen LogP contribution in [0.1, 0.15) is 16.8 Å². The van der Waals surface area contributed by atoms with E-state index in [1.165, 1.54) is 16.9 Å². The Balaban J connectivity index is 1.68. The van der Waals surface area contributed by atoms with E-state index in [0.717, 1.165) is 21.8 Å². The Kier molecular flexibility index (Phi) is 4.62. The summed E-state index contributed by atoms with van der Waals surface area (Å²) in [5.41, 5.74) is 4.33. The highest BCUT2D eigenvalue weighted by atomic mass is 32.1. The van der Waals surface area contributed by atoms with Gasteiger partial charge in [0.25, 0.3) is 0 Å². The van der Waals surface area contributed by atoms with Crippen molar-refractivity contribution in [2.75, 3.05) is 5.32 Å². The van der Waals surface area contributed by atoms with Crippen molar-refractivity contribution in [3.8, 4) is 16.3 Å². The lowest BCUT2D eigenvalue weighted by atomic mass is 10.2. The fraction of sp³-hybridized carbons (Fsp3) is 0.158. The van der Waals surface area contributed by atoms with Crippen molar-refractivity contribution >= 4 is 22.9 Å². The predicted molar refractivity (Wildman–Crippen MR) is 97.5 cm³/mol. The molecule has 0 saturated carbocycles. The van der Waals surface area contributed by atoms with Gasteiger partial charge in [0, 0.05) is 10.9 Å². The number of hydrogen-bond acceptors (Lipinski definition) is 4. The predicted octanol–water partition coefficient (Wildman–Crippen LogP) is 4.31. The van der Waals surface area contributed by atoms with Crippen LogP contribution in [0.2, 0.25) is 0 Å². The van der Waals surface area contributed by atoms with Crippen LogP contribution in [0.3, 0.4) is 0 Å². The SMILES string of the molecule is Cc1ccc(-c2nc(CC(=O)Nc3ccc(C)cc3O)cs2)cc1. The zero-order valence-corrected chi connectivity index (χ0v) is 14.4. The summed E-state index contributed by atoms with van der Waals surface area (Å²) in [6.45, 7) is 3.93. The number of anilines is 1. The van der Waals surface area contributed by atoms with Crippen LogP contribution < -0.4 is 5.32 Å². The van der Waals surface area contributed by atoms with Crippen LogP contribution in [0.4, 0.5) is 5.69 Å². The van der Waals surface area contributed by atoms with Crippen molar-refractivity contribution in [1.29, 1.82) is 0 Å². The Morgan fingerprint density at radius 1 is 1.12 bits per heavy atom. The van der Waals surface area contributed by atoms with Gasteiger partial charge in [-0.05, 0) is 31.5 Å². The number of aryl methyl sites for hydroxylation is 2. The van der Waals surface area contributed by atoms with Crippen molar-refractivity contribution in [3.63, 3.8) is 0 Å². The van der Waals surface area contributed by atoms with Gasteiger partial charge in [-0.2, -0.15) is 0 Å². The molecule has 0 bridgehead atoms. The number of thiazole rings is 1. The van der Waals surface area contributed by atoms with Crippen LogP contribution in [-0.2, 0) is 11.2 Å². The second-order valence-corrected chi connectivity index (χ2v) is 6.61. The third-order valence-corrected chi connectivity index (χ3v) is 4.56. The minimum atomic E-state index is -0.199. The van der Waals surface area contributed by atoms with E-state index in [0.29, 0.717) is 5.69 Å². The minimum Gasteiger partial charge on any atom is -0.506 e. The fourth-order valence-electron chi connectivity index (χ4n) is 2.32. The summed E-state index contributed by atoms with van der Waals surface area (Å²) in [4.78, 5) is 16.7. The Morgan fingerprint density at radius 3 is 2.54 bits per heavy atom. The standard InChI is InChI=1S/C19H18N2O2S/c1-12-3-6-14(7-4-12)19-20-15(11-24-19)10-18(23)21-16-8-5-13(2)9-17(16)22/h3-9,11,22H,10H2,1-2H3,(H,21,23). The van der Waals surface area contributed by atoms with Crippen molar-refractivity contribution in [3.05, 3.63) is 64.7 Å². The second-order valence-electron chi connectivity index (χ2n) is 5.76. The number of carbonyl (C=O) groups is 1. The molecule has 3 rings (SSSR count). The molecule has 0 radical (unpaired) electrons. The highest BCUT2D eigenvalue weighted by Gasteiger charge is 2.11. The van der Waals surface area contributed by atoms with Gasteiger partial charge in [-0.1, -0.05) is 35.9 Å². The second kappa shape index (κ2) is 6.84. The lowest BCUT2D eigenvalue weighted by Crippen LogP contribution is -2.14. The lowest BCUT2D eigenvalue weighted by molar-refractivity contribution is -0.115. The first-order valence-corrected chi connectivity index (χ1v) is 8.50. The number of benzene rings is 2. The van der Waals surface area contributed by atoms with Crippen LogP contribution in [0, 0.1) is 13.8 Å². The molecule has 0 atom stereocenters. The molecule has 4 nitrogen and oxygen atoms in total. The van der Waals surface area contributed by atoms with E-state index in [4.69, 9.17) is 0 Å². The van der Waals surface area contributed by atoms with Gasteiger partial charge in [0.15, 0.2) is 0 Å². The number of carbonyl (C=O) groups excluding carboxylic acids is 1. The van der Waals surface area contributed by atoms with E-state index in [1.807, 2.05) is 49.6 Å². The maximum absolute atomic E-state index is 12.2. The van der Waals surface area contributed by atoms with E-state index in [-0.39, 0.29) is 18.1 Å². The smallest absolute Gasteiger partial charge is 0.230 e. The molecule has 0 aliphatic carbocycles. The first-order valence-electron chi connectivity index (χ1n) is 7.62. The van der Waals surface area contributed by atoms with Gasteiger partial charge < -0.3 is 10.4 Å². The molecule has 24 heavy (non-hydrogen) atoms. The van der Waals surface area contributed by atoms with Crippen molar-refractivity contribution in [1.82, 2.24) is 4.98 Å². The number of amides is 1. The molecule has 0 aliphatic heterocycles. The number of aromatic hydroxyl groups is 1. The van der Waals surface area contributed by atoms with Crippen LogP contribution in [0.15, 0.2) is 47.8 Å². The average Bonchev–Trinajstić information content (AvgIpc) is 2.99. The van der Waals surface area contributed by atoms with Gasteiger partial charge in [0.1, 0.15) is 10.8 Å². The zero-order valence-electron chi connectivity index (χ0n) is 13.5. The van der Waals surface area contributed by atoms with E-state index >= 15 is 0 Å². The quantitative estimate of drug-likeness (QED) is 0.697. The highest BCUT2D eigenvalue weighted by Crippen LogP contribution is 2.26. The molecule has 1 aromatic heterocycles. The molecule has 0 fully saturated rings. The summed E-state index contributed by atoms with van der Waals surface area (Å²) in [5.74, 6) is -0.128. The summed E-state index contributed by atoms with van der Waals surface area (Å²) in [6.07, 6.45) is 0.176. The maximum Gasteiger partial charge on any atom is 0.230 e. The van der Waals surface area contributed by atoms with Crippen LogP contribution in [-0.4, -0.2) is 16.0 Å². The van der Waals surface area contributed by atoms with E-state index in [1.54, 1.807) is 12.1 Å². The minimum absolute atomic E-state index is 0.0713. The van der Waals surface area contributed by atoms with E-state index in [2.05, 4.69) is 10.3 Å². The number of nitrogens with zero attached hydrogens (tertiary/aromatic N) is 1. The van der Waals surface area contributed by atoms with Crippen LogP contribution in [0.25, 0.3) is 10.6 Å². The molecule has 2 aromatic carbocycles.